The highest BCUT2D eigenvalue weighted by Gasteiger charge is 2.27. The Labute approximate surface area is 176 Å². The number of morpholine rings is 1. The molecule has 0 radical (unpaired) electrons. The van der Waals surface area contributed by atoms with E-state index < -0.39 is 0 Å². The van der Waals surface area contributed by atoms with Crippen molar-refractivity contribution in [3.05, 3.63) is 35.4 Å². The van der Waals surface area contributed by atoms with Gasteiger partial charge in [0.1, 0.15) is 0 Å². The van der Waals surface area contributed by atoms with E-state index in [1.165, 1.54) is 5.56 Å². The van der Waals surface area contributed by atoms with Crippen LogP contribution in [0.1, 0.15) is 56.5 Å². The summed E-state index contributed by atoms with van der Waals surface area (Å²) in [5, 5.41) is 3.12. The number of hydrogen-bond acceptors (Lipinski definition) is 4. The second-order valence-electron chi connectivity index (χ2n) is 7.29. The molecule has 1 aromatic rings. The predicted octanol–water partition coefficient (Wildman–Crippen LogP) is 3.39. The van der Waals surface area contributed by atoms with E-state index in [-0.39, 0.29) is 48.5 Å². The van der Waals surface area contributed by atoms with Crippen molar-refractivity contribution in [3.8, 4) is 0 Å². The van der Waals surface area contributed by atoms with Gasteiger partial charge >= 0.3 is 0 Å². The van der Waals surface area contributed by atoms with Gasteiger partial charge in [-0.3, -0.25) is 9.69 Å². The van der Waals surface area contributed by atoms with Crippen molar-refractivity contribution >= 4 is 30.7 Å². The molecular formula is C20H35Cl2N3O2. The van der Waals surface area contributed by atoms with Crippen molar-refractivity contribution in [1.29, 1.82) is 0 Å². The maximum atomic E-state index is 12.5. The van der Waals surface area contributed by atoms with Gasteiger partial charge in [0.05, 0.1) is 17.7 Å². The zero-order valence-corrected chi connectivity index (χ0v) is 18.5. The largest absolute Gasteiger partial charge is 0.373 e. The summed E-state index contributed by atoms with van der Waals surface area (Å²) in [5.41, 5.74) is 7.47. The van der Waals surface area contributed by atoms with Crippen LogP contribution in [-0.2, 0) is 11.3 Å². The molecule has 0 spiro atoms. The predicted molar refractivity (Wildman–Crippen MR) is 116 cm³/mol. The number of amides is 1. The van der Waals surface area contributed by atoms with Crippen LogP contribution in [0.25, 0.3) is 0 Å². The van der Waals surface area contributed by atoms with Crippen molar-refractivity contribution in [1.82, 2.24) is 10.2 Å². The molecule has 3 N–H and O–H groups in total. The lowest BCUT2D eigenvalue weighted by Gasteiger charge is -2.35. The highest BCUT2D eigenvalue weighted by Crippen LogP contribution is 2.17. The van der Waals surface area contributed by atoms with E-state index in [4.69, 9.17) is 10.5 Å². The summed E-state index contributed by atoms with van der Waals surface area (Å²) >= 11 is 0. The third-order valence-corrected chi connectivity index (χ3v) is 5.24. The maximum absolute atomic E-state index is 12.5. The summed E-state index contributed by atoms with van der Waals surface area (Å²) in [6.07, 6.45) is 2.19. The van der Waals surface area contributed by atoms with Gasteiger partial charge in [-0.1, -0.05) is 26.0 Å². The van der Waals surface area contributed by atoms with E-state index in [9.17, 15) is 4.79 Å². The minimum atomic E-state index is -0.310. The van der Waals surface area contributed by atoms with Crippen LogP contribution in [0.2, 0.25) is 0 Å². The number of ether oxygens (including phenoxy) is 1. The van der Waals surface area contributed by atoms with Gasteiger partial charge in [0.25, 0.3) is 5.91 Å². The van der Waals surface area contributed by atoms with Crippen molar-refractivity contribution in [3.63, 3.8) is 0 Å². The highest BCUT2D eigenvalue weighted by atomic mass is 35.5. The number of nitrogens with zero attached hydrogens (tertiary/aromatic N) is 1. The molecule has 1 aliphatic heterocycles. The second-order valence-corrected chi connectivity index (χ2v) is 7.29. The van der Waals surface area contributed by atoms with Crippen LogP contribution in [0.4, 0.5) is 0 Å². The number of carbonyl (C=O) groups is 1. The fourth-order valence-corrected chi connectivity index (χ4v) is 3.51. The summed E-state index contributed by atoms with van der Waals surface area (Å²) in [4.78, 5) is 14.9. The van der Waals surface area contributed by atoms with Gasteiger partial charge in [-0.05, 0) is 44.4 Å². The first-order valence-corrected chi connectivity index (χ1v) is 9.40. The highest BCUT2D eigenvalue weighted by molar-refractivity contribution is 5.94. The van der Waals surface area contributed by atoms with Gasteiger partial charge in [-0.25, -0.2) is 0 Å². The van der Waals surface area contributed by atoms with Crippen LogP contribution in [0.3, 0.4) is 0 Å². The molecule has 27 heavy (non-hydrogen) atoms. The van der Waals surface area contributed by atoms with Crippen LogP contribution >= 0.6 is 24.8 Å². The first-order chi connectivity index (χ1) is 11.9. The van der Waals surface area contributed by atoms with Crippen LogP contribution in [0, 0.1) is 0 Å². The van der Waals surface area contributed by atoms with Gasteiger partial charge in [0.2, 0.25) is 0 Å². The summed E-state index contributed by atoms with van der Waals surface area (Å²) in [5.74, 6) is -0.0469. The van der Waals surface area contributed by atoms with Crippen molar-refractivity contribution in [2.45, 2.75) is 64.8 Å². The smallest absolute Gasteiger partial charge is 0.251 e. The molecule has 0 aliphatic carbocycles. The molecule has 1 heterocycles. The fourth-order valence-electron chi connectivity index (χ4n) is 3.51. The summed E-state index contributed by atoms with van der Waals surface area (Å²) in [6.45, 7) is 11.6. The standard InChI is InChI=1S/C20H33N3O2.2ClH/c1-5-20(6-2,14-21)22-19(24)18-9-7-17(8-10-18)13-23-11-15(3)25-16(4)12-23;;/h7-10,15-16H,5-6,11-14,21H2,1-4H3,(H,22,24);2*1H. The first kappa shape index (κ1) is 26.1. The van der Waals surface area contributed by atoms with Gasteiger partial charge in [0, 0.05) is 31.7 Å². The normalized spacial score (nSPS) is 20.3. The fraction of sp³-hybridized carbons (Fsp3) is 0.650. The lowest BCUT2D eigenvalue weighted by Crippen LogP contribution is -2.52. The van der Waals surface area contributed by atoms with Gasteiger partial charge in [0.15, 0.2) is 0 Å². The topological polar surface area (TPSA) is 67.6 Å². The lowest BCUT2D eigenvalue weighted by molar-refractivity contribution is -0.0704. The number of benzene rings is 1. The van der Waals surface area contributed by atoms with Crippen molar-refractivity contribution in [2.75, 3.05) is 19.6 Å². The van der Waals surface area contributed by atoms with E-state index in [1.54, 1.807) is 0 Å². The quantitative estimate of drug-likeness (QED) is 0.710. The Morgan fingerprint density at radius 3 is 2.11 bits per heavy atom. The third kappa shape index (κ3) is 7.24. The van der Waals surface area contributed by atoms with E-state index in [0.29, 0.717) is 12.1 Å². The van der Waals surface area contributed by atoms with E-state index in [2.05, 4.69) is 37.9 Å². The molecule has 2 unspecified atom stereocenters. The molecule has 1 aliphatic rings. The summed E-state index contributed by atoms with van der Waals surface area (Å²) < 4.78 is 5.78. The van der Waals surface area contributed by atoms with Gasteiger partial charge in [-0.15, -0.1) is 24.8 Å². The molecule has 5 nitrogen and oxygen atoms in total. The molecule has 1 aromatic carbocycles. The van der Waals surface area contributed by atoms with Gasteiger partial charge < -0.3 is 15.8 Å². The minimum Gasteiger partial charge on any atom is -0.373 e. The minimum absolute atomic E-state index is 0. The van der Waals surface area contributed by atoms with Gasteiger partial charge in [-0.2, -0.15) is 0 Å². The van der Waals surface area contributed by atoms with E-state index in [0.717, 1.165) is 32.5 Å². The maximum Gasteiger partial charge on any atom is 0.251 e. The summed E-state index contributed by atoms with van der Waals surface area (Å²) in [7, 11) is 0. The molecule has 1 saturated heterocycles. The van der Waals surface area contributed by atoms with Crippen LogP contribution in [0.5, 0.6) is 0 Å². The average molecular weight is 420 g/mol. The van der Waals surface area contributed by atoms with E-state index >= 15 is 0 Å². The Bertz CT molecular complexity index is 547. The first-order valence-electron chi connectivity index (χ1n) is 9.40. The number of nitrogens with two attached hydrogens (primary N) is 1. The Balaban J connectivity index is 0.00000338. The Morgan fingerprint density at radius 2 is 1.67 bits per heavy atom. The van der Waals surface area contributed by atoms with E-state index in [1.807, 2.05) is 24.3 Å². The lowest BCUT2D eigenvalue weighted by atomic mass is 9.92. The number of carbonyl (C=O) groups excluding carboxylic acids is 1. The Hall–Kier alpha value is -0.850. The monoisotopic (exact) mass is 419 g/mol. The SMILES string of the molecule is CCC(CC)(CN)NC(=O)c1ccc(CN2CC(C)OC(C)C2)cc1.Cl.Cl. The number of hydrogen-bond donors (Lipinski definition) is 2. The zero-order chi connectivity index (χ0) is 18.4. The third-order valence-electron chi connectivity index (χ3n) is 5.24. The zero-order valence-electron chi connectivity index (χ0n) is 16.9. The van der Waals surface area contributed by atoms with Crippen LogP contribution in [-0.4, -0.2) is 48.2 Å². The molecule has 7 heteroatoms. The van der Waals surface area contributed by atoms with Crippen molar-refractivity contribution in [2.24, 2.45) is 5.73 Å². The average Bonchev–Trinajstić information content (AvgIpc) is 2.59. The number of halogens is 2. The molecule has 0 bridgehead atoms. The molecule has 1 fully saturated rings. The molecular weight excluding hydrogens is 385 g/mol. The molecule has 0 aromatic heterocycles. The Morgan fingerprint density at radius 1 is 1.15 bits per heavy atom. The number of rotatable bonds is 7. The number of nitrogens with one attached hydrogen (secondary N) is 1. The molecule has 2 atom stereocenters. The second kappa shape index (κ2) is 11.9. The molecule has 156 valence electrons. The van der Waals surface area contributed by atoms with Crippen molar-refractivity contribution < 1.29 is 9.53 Å². The Kier molecular flexibility index (Phi) is 11.5. The molecule has 0 saturated carbocycles. The van der Waals surface area contributed by atoms with Crippen LogP contribution < -0.4 is 11.1 Å². The molecule has 2 rings (SSSR count). The molecule has 1 amide bonds. The summed E-state index contributed by atoms with van der Waals surface area (Å²) in [6, 6.07) is 7.90. The van der Waals surface area contributed by atoms with Crippen LogP contribution in [0.15, 0.2) is 24.3 Å².